The first kappa shape index (κ1) is 16.9. The van der Waals surface area contributed by atoms with Gasteiger partial charge in [0, 0.05) is 11.0 Å². The van der Waals surface area contributed by atoms with E-state index in [1.54, 1.807) is 0 Å². The molecule has 0 fully saturated rings. The Balaban J connectivity index is 3.62. The number of hydrogen-bond acceptors (Lipinski definition) is 1. The van der Waals surface area contributed by atoms with E-state index in [1.807, 2.05) is 0 Å². The Morgan fingerprint density at radius 1 is 0.650 bits per heavy atom. The lowest BCUT2D eigenvalue weighted by Gasteiger charge is -2.38. The zero-order valence-electron chi connectivity index (χ0n) is 14.9. The van der Waals surface area contributed by atoms with Crippen LogP contribution in [-0.4, -0.2) is 5.78 Å². The van der Waals surface area contributed by atoms with Crippen molar-refractivity contribution in [3.63, 3.8) is 0 Å². The first-order chi connectivity index (χ1) is 8.84. The molecule has 0 N–H and O–H groups in total. The molecule has 0 radical (unpaired) electrons. The van der Waals surface area contributed by atoms with Gasteiger partial charge in [-0.25, -0.2) is 0 Å². The van der Waals surface area contributed by atoms with E-state index in [0.717, 1.165) is 16.7 Å². The molecule has 0 aliphatic heterocycles. The summed E-state index contributed by atoms with van der Waals surface area (Å²) in [5.41, 5.74) is 6.60. The molecule has 0 bridgehead atoms. The monoisotopic (exact) mass is 274 g/mol. The largest absolute Gasteiger partial charge is 0.294 e. The van der Waals surface area contributed by atoms with Crippen molar-refractivity contribution in [2.45, 2.75) is 69.2 Å². The standard InChI is InChI=1S/C19H30O/c1-11-12(2)14(4)16(15(5)13(11)3)17(20)19(9,10)18(6,7)8/h1-10H3. The molecule has 0 saturated heterocycles. The average Bonchev–Trinajstić information content (AvgIpc) is 2.32. The second kappa shape index (κ2) is 5.02. The molecule has 0 atom stereocenters. The number of Topliss-reactive ketones (excluding diaryl/α,β-unsaturated/α-hetero) is 1. The fourth-order valence-corrected chi connectivity index (χ4v) is 2.49. The Kier molecular flexibility index (Phi) is 4.25. The minimum absolute atomic E-state index is 0.0599. The topological polar surface area (TPSA) is 17.1 Å². The van der Waals surface area contributed by atoms with Crippen molar-refractivity contribution in [3.8, 4) is 0 Å². The van der Waals surface area contributed by atoms with E-state index in [0.29, 0.717) is 0 Å². The Morgan fingerprint density at radius 3 is 1.25 bits per heavy atom. The van der Waals surface area contributed by atoms with E-state index in [2.05, 4.69) is 69.2 Å². The molecule has 1 heteroatoms. The highest BCUT2D eigenvalue weighted by Crippen LogP contribution is 2.42. The third-order valence-electron chi connectivity index (χ3n) is 5.67. The van der Waals surface area contributed by atoms with Crippen molar-refractivity contribution in [3.05, 3.63) is 33.4 Å². The minimum atomic E-state index is -0.378. The van der Waals surface area contributed by atoms with Crippen LogP contribution in [-0.2, 0) is 0 Å². The number of rotatable bonds is 2. The van der Waals surface area contributed by atoms with Crippen molar-refractivity contribution in [2.24, 2.45) is 10.8 Å². The zero-order chi connectivity index (χ0) is 16.0. The summed E-state index contributed by atoms with van der Waals surface area (Å²) in [7, 11) is 0. The van der Waals surface area contributed by atoms with Crippen LogP contribution in [0.3, 0.4) is 0 Å². The summed E-state index contributed by atoms with van der Waals surface area (Å²) in [5.74, 6) is 0.270. The predicted molar refractivity (Wildman–Crippen MR) is 87.7 cm³/mol. The molecule has 1 aromatic rings. The van der Waals surface area contributed by atoms with Crippen LogP contribution in [0.4, 0.5) is 0 Å². The number of carbonyl (C=O) groups is 1. The molecule has 0 aliphatic rings. The van der Waals surface area contributed by atoms with Gasteiger partial charge in [-0.15, -0.1) is 0 Å². The lowest BCUT2D eigenvalue weighted by molar-refractivity contribution is 0.0624. The van der Waals surface area contributed by atoms with Gasteiger partial charge in [0.1, 0.15) is 0 Å². The second-order valence-corrected chi connectivity index (χ2v) is 7.70. The molecule has 20 heavy (non-hydrogen) atoms. The average molecular weight is 274 g/mol. The van der Waals surface area contributed by atoms with Crippen molar-refractivity contribution >= 4 is 5.78 Å². The summed E-state index contributed by atoms with van der Waals surface area (Å²) in [6, 6.07) is 0. The van der Waals surface area contributed by atoms with Crippen LogP contribution in [0.25, 0.3) is 0 Å². The van der Waals surface area contributed by atoms with E-state index >= 15 is 0 Å². The second-order valence-electron chi connectivity index (χ2n) is 7.70. The number of ketones is 1. The number of hydrogen-bond donors (Lipinski definition) is 0. The molecule has 0 unspecified atom stereocenters. The van der Waals surface area contributed by atoms with Crippen LogP contribution in [0.5, 0.6) is 0 Å². The van der Waals surface area contributed by atoms with E-state index in [-0.39, 0.29) is 16.6 Å². The smallest absolute Gasteiger partial charge is 0.169 e. The molecule has 0 heterocycles. The summed E-state index contributed by atoms with van der Waals surface area (Å²) in [4.78, 5) is 13.2. The van der Waals surface area contributed by atoms with Crippen LogP contribution in [0.1, 0.15) is 72.8 Å². The van der Waals surface area contributed by atoms with Crippen molar-refractivity contribution in [2.75, 3.05) is 0 Å². The van der Waals surface area contributed by atoms with Gasteiger partial charge in [0.2, 0.25) is 0 Å². The molecule has 0 amide bonds. The molecular formula is C19H30O. The molecule has 0 aliphatic carbocycles. The number of benzene rings is 1. The van der Waals surface area contributed by atoms with Crippen LogP contribution in [0.15, 0.2) is 0 Å². The third kappa shape index (κ3) is 2.43. The maximum absolute atomic E-state index is 13.2. The van der Waals surface area contributed by atoms with Crippen molar-refractivity contribution < 1.29 is 4.79 Å². The highest BCUT2D eigenvalue weighted by molar-refractivity contribution is 6.03. The molecule has 112 valence electrons. The molecule has 0 saturated carbocycles. The third-order valence-corrected chi connectivity index (χ3v) is 5.67. The van der Waals surface area contributed by atoms with Gasteiger partial charge in [-0.05, 0) is 67.9 Å². The van der Waals surface area contributed by atoms with Gasteiger partial charge in [0.05, 0.1) is 0 Å². The molecule has 1 nitrogen and oxygen atoms in total. The highest BCUT2D eigenvalue weighted by Gasteiger charge is 2.41. The summed E-state index contributed by atoms with van der Waals surface area (Å²) in [6.45, 7) is 21.1. The fraction of sp³-hybridized carbons (Fsp3) is 0.632. The predicted octanol–water partition coefficient (Wildman–Crippen LogP) is 5.48. The lowest BCUT2D eigenvalue weighted by Crippen LogP contribution is -2.38. The zero-order valence-corrected chi connectivity index (χ0v) is 14.9. The van der Waals surface area contributed by atoms with Crippen molar-refractivity contribution in [1.82, 2.24) is 0 Å². The van der Waals surface area contributed by atoms with Gasteiger partial charge >= 0.3 is 0 Å². The first-order valence-corrected chi connectivity index (χ1v) is 7.45. The van der Waals surface area contributed by atoms with Crippen molar-refractivity contribution in [1.29, 1.82) is 0 Å². The lowest BCUT2D eigenvalue weighted by atomic mass is 9.64. The summed E-state index contributed by atoms with van der Waals surface area (Å²) in [6.07, 6.45) is 0. The Bertz CT molecular complexity index is 525. The molecule has 0 aromatic heterocycles. The maximum Gasteiger partial charge on any atom is 0.169 e. The van der Waals surface area contributed by atoms with Gasteiger partial charge in [-0.1, -0.05) is 34.6 Å². The van der Waals surface area contributed by atoms with E-state index < -0.39 is 0 Å². The summed E-state index contributed by atoms with van der Waals surface area (Å²) < 4.78 is 0. The summed E-state index contributed by atoms with van der Waals surface area (Å²) >= 11 is 0. The van der Waals surface area contributed by atoms with Crippen LogP contribution in [0.2, 0.25) is 0 Å². The molecule has 0 spiro atoms. The van der Waals surface area contributed by atoms with Crippen LogP contribution >= 0.6 is 0 Å². The SMILES string of the molecule is Cc1c(C)c(C)c(C(=O)C(C)(C)C(C)(C)C)c(C)c1C. The Morgan fingerprint density at radius 2 is 0.950 bits per heavy atom. The van der Waals surface area contributed by atoms with Crippen LogP contribution < -0.4 is 0 Å². The van der Waals surface area contributed by atoms with Gasteiger partial charge in [-0.2, -0.15) is 0 Å². The molecular weight excluding hydrogens is 244 g/mol. The molecule has 1 rings (SSSR count). The van der Waals surface area contributed by atoms with E-state index in [4.69, 9.17) is 0 Å². The fourth-order valence-electron chi connectivity index (χ4n) is 2.49. The van der Waals surface area contributed by atoms with E-state index in [1.165, 1.54) is 16.7 Å². The first-order valence-electron chi connectivity index (χ1n) is 7.45. The van der Waals surface area contributed by atoms with Gasteiger partial charge in [-0.3, -0.25) is 4.79 Å². The maximum atomic E-state index is 13.2. The summed E-state index contributed by atoms with van der Waals surface area (Å²) in [5, 5.41) is 0. The van der Waals surface area contributed by atoms with E-state index in [9.17, 15) is 4.79 Å². The Hall–Kier alpha value is -1.11. The Labute approximate surface area is 124 Å². The van der Waals surface area contributed by atoms with Gasteiger partial charge in [0.15, 0.2) is 5.78 Å². The normalized spacial score (nSPS) is 12.7. The minimum Gasteiger partial charge on any atom is -0.294 e. The van der Waals surface area contributed by atoms with Gasteiger partial charge in [0.25, 0.3) is 0 Å². The number of carbonyl (C=O) groups excluding carboxylic acids is 1. The highest BCUT2D eigenvalue weighted by atomic mass is 16.1. The van der Waals surface area contributed by atoms with Crippen LogP contribution in [0, 0.1) is 45.4 Å². The quantitative estimate of drug-likeness (QED) is 0.652. The molecule has 1 aromatic carbocycles. The van der Waals surface area contributed by atoms with Gasteiger partial charge < -0.3 is 0 Å².